The van der Waals surface area contributed by atoms with Crippen LogP contribution in [0.15, 0.2) is 0 Å². The molecule has 1 N–H and O–H groups in total. The Kier molecular flexibility index (Phi) is 4.22. The number of hydrogen-bond acceptors (Lipinski definition) is 3. The van der Waals surface area contributed by atoms with Gasteiger partial charge in [0, 0.05) is 31.2 Å². The zero-order valence-electron chi connectivity index (χ0n) is 10.5. The van der Waals surface area contributed by atoms with Gasteiger partial charge in [-0.25, -0.2) is 0 Å². The van der Waals surface area contributed by atoms with Crippen molar-refractivity contribution in [3.05, 3.63) is 0 Å². The Morgan fingerprint density at radius 1 is 1.31 bits per heavy atom. The van der Waals surface area contributed by atoms with Crippen molar-refractivity contribution in [1.82, 2.24) is 4.90 Å². The molecule has 0 amide bonds. The summed E-state index contributed by atoms with van der Waals surface area (Å²) in [5, 5.41) is 9.70. The first-order chi connectivity index (χ1) is 7.76. The van der Waals surface area contributed by atoms with Gasteiger partial charge in [-0.05, 0) is 19.8 Å². The van der Waals surface area contributed by atoms with E-state index in [9.17, 15) is 5.11 Å². The van der Waals surface area contributed by atoms with Crippen molar-refractivity contribution in [2.45, 2.75) is 45.1 Å². The number of aliphatic hydroxyl groups is 1. The van der Waals surface area contributed by atoms with Crippen molar-refractivity contribution in [2.24, 2.45) is 5.41 Å². The van der Waals surface area contributed by atoms with Crippen LogP contribution in [0, 0.1) is 5.41 Å². The fraction of sp³-hybridized carbons (Fsp3) is 1.00. The van der Waals surface area contributed by atoms with E-state index in [1.54, 1.807) is 0 Å². The highest BCUT2D eigenvalue weighted by atomic mass is 16.5. The maximum Gasteiger partial charge on any atom is 0.0619 e. The molecule has 0 spiro atoms. The van der Waals surface area contributed by atoms with Crippen LogP contribution in [-0.4, -0.2) is 49.0 Å². The normalized spacial score (nSPS) is 31.5. The minimum absolute atomic E-state index is 0.184. The lowest BCUT2D eigenvalue weighted by molar-refractivity contribution is -0.0399. The second kappa shape index (κ2) is 5.48. The fourth-order valence-electron chi connectivity index (χ4n) is 3.10. The number of nitrogens with zero attached hydrogens (tertiary/aromatic N) is 1. The average molecular weight is 227 g/mol. The highest BCUT2D eigenvalue weighted by molar-refractivity contribution is 4.87. The minimum Gasteiger partial charge on any atom is -0.396 e. The SMILES string of the molecule is CC1COCCN1CC1(CO)CCCCC1. The summed E-state index contributed by atoms with van der Waals surface area (Å²) in [5.41, 5.74) is 0.184. The van der Waals surface area contributed by atoms with Crippen LogP contribution in [0.3, 0.4) is 0 Å². The topological polar surface area (TPSA) is 32.7 Å². The Bertz CT molecular complexity index is 214. The highest BCUT2D eigenvalue weighted by Gasteiger charge is 2.35. The molecule has 94 valence electrons. The molecule has 2 rings (SSSR count). The largest absolute Gasteiger partial charge is 0.396 e. The van der Waals surface area contributed by atoms with E-state index < -0.39 is 0 Å². The first-order valence-corrected chi connectivity index (χ1v) is 6.68. The summed E-state index contributed by atoms with van der Waals surface area (Å²) in [6.07, 6.45) is 6.33. The third-order valence-corrected chi connectivity index (χ3v) is 4.29. The highest BCUT2D eigenvalue weighted by Crippen LogP contribution is 2.37. The van der Waals surface area contributed by atoms with Crippen LogP contribution in [0.1, 0.15) is 39.0 Å². The van der Waals surface area contributed by atoms with Gasteiger partial charge in [0.05, 0.1) is 13.2 Å². The molecular weight excluding hydrogens is 202 g/mol. The van der Waals surface area contributed by atoms with Gasteiger partial charge in [-0.15, -0.1) is 0 Å². The van der Waals surface area contributed by atoms with Gasteiger partial charge in [-0.3, -0.25) is 4.90 Å². The van der Waals surface area contributed by atoms with Crippen molar-refractivity contribution in [3.8, 4) is 0 Å². The van der Waals surface area contributed by atoms with Crippen LogP contribution in [-0.2, 0) is 4.74 Å². The fourth-order valence-corrected chi connectivity index (χ4v) is 3.10. The summed E-state index contributed by atoms with van der Waals surface area (Å²) in [6.45, 7) is 6.38. The van der Waals surface area contributed by atoms with Crippen LogP contribution in [0.5, 0.6) is 0 Å². The molecule has 0 bridgehead atoms. The van der Waals surface area contributed by atoms with E-state index in [0.29, 0.717) is 12.6 Å². The summed E-state index contributed by atoms with van der Waals surface area (Å²) in [6, 6.07) is 0.513. The van der Waals surface area contributed by atoms with Gasteiger partial charge in [0.2, 0.25) is 0 Å². The molecule has 1 saturated carbocycles. The van der Waals surface area contributed by atoms with Gasteiger partial charge in [0.25, 0.3) is 0 Å². The molecule has 1 atom stereocenters. The summed E-state index contributed by atoms with van der Waals surface area (Å²) in [5.74, 6) is 0. The van der Waals surface area contributed by atoms with Crippen molar-refractivity contribution >= 4 is 0 Å². The molecule has 16 heavy (non-hydrogen) atoms. The lowest BCUT2D eigenvalue weighted by Gasteiger charge is -2.43. The summed E-state index contributed by atoms with van der Waals surface area (Å²) >= 11 is 0. The monoisotopic (exact) mass is 227 g/mol. The van der Waals surface area contributed by atoms with Crippen LogP contribution in [0.25, 0.3) is 0 Å². The molecule has 1 aliphatic heterocycles. The van der Waals surface area contributed by atoms with Crippen molar-refractivity contribution in [1.29, 1.82) is 0 Å². The lowest BCUT2D eigenvalue weighted by Crippen LogP contribution is -2.50. The Morgan fingerprint density at radius 2 is 2.06 bits per heavy atom. The zero-order chi connectivity index (χ0) is 11.4. The summed E-state index contributed by atoms with van der Waals surface area (Å²) in [7, 11) is 0. The molecule has 1 aliphatic carbocycles. The number of morpholine rings is 1. The van der Waals surface area contributed by atoms with Crippen molar-refractivity contribution in [2.75, 3.05) is 32.9 Å². The lowest BCUT2D eigenvalue weighted by atomic mass is 9.74. The Labute approximate surface area is 98.8 Å². The van der Waals surface area contributed by atoms with Gasteiger partial charge in [-0.1, -0.05) is 19.3 Å². The molecule has 3 heteroatoms. The minimum atomic E-state index is 0.184. The molecule has 0 radical (unpaired) electrons. The predicted molar refractivity (Wildman–Crippen MR) is 64.5 cm³/mol. The third-order valence-electron chi connectivity index (χ3n) is 4.29. The summed E-state index contributed by atoms with van der Waals surface area (Å²) < 4.78 is 5.46. The van der Waals surface area contributed by atoms with E-state index in [4.69, 9.17) is 4.74 Å². The predicted octanol–water partition coefficient (Wildman–Crippen LogP) is 1.65. The number of hydrogen-bond donors (Lipinski definition) is 1. The second-order valence-electron chi connectivity index (χ2n) is 5.61. The van der Waals surface area contributed by atoms with Crippen molar-refractivity contribution in [3.63, 3.8) is 0 Å². The summed E-state index contributed by atoms with van der Waals surface area (Å²) in [4.78, 5) is 2.50. The average Bonchev–Trinajstić information content (AvgIpc) is 2.33. The molecular formula is C13H25NO2. The van der Waals surface area contributed by atoms with E-state index in [1.807, 2.05) is 0 Å². The Hall–Kier alpha value is -0.120. The maximum atomic E-state index is 9.70. The van der Waals surface area contributed by atoms with Crippen LogP contribution >= 0.6 is 0 Å². The smallest absolute Gasteiger partial charge is 0.0619 e. The first kappa shape index (κ1) is 12.3. The second-order valence-corrected chi connectivity index (χ2v) is 5.61. The van der Waals surface area contributed by atoms with E-state index in [2.05, 4.69) is 11.8 Å². The van der Waals surface area contributed by atoms with Gasteiger partial charge < -0.3 is 9.84 Å². The maximum absolute atomic E-state index is 9.70. The molecule has 1 heterocycles. The molecule has 0 aromatic heterocycles. The van der Waals surface area contributed by atoms with E-state index >= 15 is 0 Å². The molecule has 2 fully saturated rings. The molecule has 3 nitrogen and oxygen atoms in total. The van der Waals surface area contributed by atoms with Gasteiger partial charge in [0.1, 0.15) is 0 Å². The third kappa shape index (κ3) is 2.76. The number of aliphatic hydroxyl groups excluding tert-OH is 1. The quantitative estimate of drug-likeness (QED) is 0.796. The Balaban J connectivity index is 1.93. The Morgan fingerprint density at radius 3 is 2.69 bits per heavy atom. The van der Waals surface area contributed by atoms with Gasteiger partial charge >= 0.3 is 0 Å². The van der Waals surface area contributed by atoms with E-state index in [1.165, 1.54) is 32.1 Å². The zero-order valence-corrected chi connectivity index (χ0v) is 10.5. The molecule has 0 aromatic carbocycles. The standard InChI is InChI=1S/C13H25NO2/c1-12-9-16-8-7-14(12)10-13(11-15)5-3-2-4-6-13/h12,15H,2-11H2,1H3. The number of ether oxygens (including phenoxy) is 1. The van der Waals surface area contributed by atoms with Crippen LogP contribution in [0.2, 0.25) is 0 Å². The molecule has 1 saturated heterocycles. The van der Waals surface area contributed by atoms with Gasteiger partial charge in [-0.2, -0.15) is 0 Å². The van der Waals surface area contributed by atoms with Gasteiger partial charge in [0.15, 0.2) is 0 Å². The first-order valence-electron chi connectivity index (χ1n) is 6.68. The van der Waals surface area contributed by atoms with E-state index in [-0.39, 0.29) is 5.41 Å². The van der Waals surface area contributed by atoms with Crippen LogP contribution < -0.4 is 0 Å². The van der Waals surface area contributed by atoms with Crippen molar-refractivity contribution < 1.29 is 9.84 Å². The van der Waals surface area contributed by atoms with Crippen LogP contribution in [0.4, 0.5) is 0 Å². The number of rotatable bonds is 3. The molecule has 1 unspecified atom stereocenters. The molecule has 0 aromatic rings. The molecule has 2 aliphatic rings. The van der Waals surface area contributed by atoms with E-state index in [0.717, 1.165) is 26.3 Å².